The van der Waals surface area contributed by atoms with Gasteiger partial charge in [-0.25, -0.2) is 0 Å². The zero-order chi connectivity index (χ0) is 14.3. The van der Waals surface area contributed by atoms with E-state index < -0.39 is 6.36 Å². The van der Waals surface area contributed by atoms with Crippen molar-refractivity contribution in [2.45, 2.75) is 38.7 Å². The number of nitrogens with one attached hydrogen (secondary N) is 1. The molecule has 0 aliphatic carbocycles. The predicted octanol–water partition coefficient (Wildman–Crippen LogP) is 4.08. The Hall–Kier alpha value is -0.940. The van der Waals surface area contributed by atoms with E-state index in [4.69, 9.17) is 11.6 Å². The third kappa shape index (κ3) is 7.28. The van der Waals surface area contributed by atoms with Crippen LogP contribution in [0.15, 0.2) is 24.3 Å². The highest BCUT2D eigenvalue weighted by Crippen LogP contribution is 2.22. The van der Waals surface area contributed by atoms with Gasteiger partial charge in [0, 0.05) is 18.5 Å². The summed E-state index contributed by atoms with van der Waals surface area (Å²) < 4.78 is 39.7. The minimum atomic E-state index is -4.64. The Bertz CT molecular complexity index is 367. The van der Waals surface area contributed by atoms with E-state index in [1.54, 1.807) is 12.1 Å². The molecular formula is C13H17ClF3NO. The van der Waals surface area contributed by atoms with Gasteiger partial charge in [-0.1, -0.05) is 12.1 Å². The van der Waals surface area contributed by atoms with Crippen molar-refractivity contribution in [2.24, 2.45) is 0 Å². The van der Waals surface area contributed by atoms with Gasteiger partial charge in [0.2, 0.25) is 0 Å². The largest absolute Gasteiger partial charge is 0.573 e. The number of halogens is 4. The van der Waals surface area contributed by atoms with Gasteiger partial charge >= 0.3 is 6.36 Å². The first-order valence-electron chi connectivity index (χ1n) is 6.05. The molecule has 0 saturated heterocycles. The molecule has 108 valence electrons. The molecule has 19 heavy (non-hydrogen) atoms. The molecule has 6 heteroatoms. The van der Waals surface area contributed by atoms with Gasteiger partial charge in [-0.15, -0.1) is 24.8 Å². The molecule has 0 aromatic heterocycles. The second-order valence-electron chi connectivity index (χ2n) is 4.30. The molecule has 1 unspecified atom stereocenters. The minimum Gasteiger partial charge on any atom is -0.406 e. The van der Waals surface area contributed by atoms with Crippen molar-refractivity contribution >= 4 is 11.6 Å². The smallest absolute Gasteiger partial charge is 0.406 e. The molecule has 1 aromatic carbocycles. The number of ether oxygens (including phenoxy) is 1. The van der Waals surface area contributed by atoms with Crippen molar-refractivity contribution in [3.05, 3.63) is 29.8 Å². The summed E-state index contributed by atoms with van der Waals surface area (Å²) in [6.45, 7) is 2.66. The van der Waals surface area contributed by atoms with E-state index in [9.17, 15) is 13.2 Å². The number of hydrogen-bond donors (Lipinski definition) is 1. The fraction of sp³-hybridized carbons (Fsp3) is 0.538. The normalized spacial score (nSPS) is 13.3. The Labute approximate surface area is 115 Å². The molecule has 0 aliphatic heterocycles. The molecule has 0 radical (unpaired) electrons. The second kappa shape index (κ2) is 7.60. The molecule has 2 nitrogen and oxygen atoms in total. The number of hydrogen-bond acceptors (Lipinski definition) is 2. The van der Waals surface area contributed by atoms with Crippen LogP contribution in [0.5, 0.6) is 5.75 Å². The summed E-state index contributed by atoms with van der Waals surface area (Å²) in [4.78, 5) is 0. The average Bonchev–Trinajstić information content (AvgIpc) is 2.33. The van der Waals surface area contributed by atoms with Gasteiger partial charge in [0.1, 0.15) is 5.75 Å². The molecule has 0 fully saturated rings. The molecule has 0 heterocycles. The summed E-state index contributed by atoms with van der Waals surface area (Å²) >= 11 is 5.60. The van der Waals surface area contributed by atoms with Gasteiger partial charge in [0.05, 0.1) is 0 Å². The summed E-state index contributed by atoms with van der Waals surface area (Å²) in [5, 5.41) is 3.28. The molecule has 0 spiro atoms. The van der Waals surface area contributed by atoms with Crippen molar-refractivity contribution in [1.29, 1.82) is 0 Å². The zero-order valence-electron chi connectivity index (χ0n) is 10.6. The number of rotatable bonds is 7. The lowest BCUT2D eigenvalue weighted by Crippen LogP contribution is -2.25. The molecular weight excluding hydrogens is 279 g/mol. The maximum Gasteiger partial charge on any atom is 0.573 e. The quantitative estimate of drug-likeness (QED) is 0.765. The zero-order valence-corrected chi connectivity index (χ0v) is 11.4. The second-order valence-corrected chi connectivity index (χ2v) is 4.68. The molecule has 1 N–H and O–H groups in total. The number of benzene rings is 1. The van der Waals surface area contributed by atoms with Crippen LogP contribution in [0.4, 0.5) is 13.2 Å². The van der Waals surface area contributed by atoms with Gasteiger partial charge in [-0.05, 0) is 37.5 Å². The highest BCUT2D eigenvalue weighted by molar-refractivity contribution is 6.17. The Morgan fingerprint density at radius 1 is 1.26 bits per heavy atom. The molecule has 1 aromatic rings. The maximum absolute atomic E-state index is 12.0. The van der Waals surface area contributed by atoms with Crippen LogP contribution in [-0.2, 0) is 6.54 Å². The third-order valence-electron chi connectivity index (χ3n) is 2.58. The summed E-state index contributed by atoms with van der Waals surface area (Å²) in [7, 11) is 0. The topological polar surface area (TPSA) is 21.3 Å². The van der Waals surface area contributed by atoms with Crippen molar-refractivity contribution in [3.8, 4) is 5.75 Å². The van der Waals surface area contributed by atoms with E-state index in [-0.39, 0.29) is 5.75 Å². The van der Waals surface area contributed by atoms with Crippen molar-refractivity contribution < 1.29 is 17.9 Å². The lowest BCUT2D eigenvalue weighted by molar-refractivity contribution is -0.274. The fourth-order valence-electron chi connectivity index (χ4n) is 1.59. The molecule has 1 rings (SSSR count). The van der Waals surface area contributed by atoms with Crippen LogP contribution < -0.4 is 10.1 Å². The van der Waals surface area contributed by atoms with Gasteiger partial charge in [0.25, 0.3) is 0 Å². The maximum atomic E-state index is 12.0. The monoisotopic (exact) mass is 295 g/mol. The van der Waals surface area contributed by atoms with E-state index in [0.29, 0.717) is 18.5 Å². The lowest BCUT2D eigenvalue weighted by atomic mass is 10.1. The van der Waals surface area contributed by atoms with Crippen LogP contribution in [-0.4, -0.2) is 18.3 Å². The van der Waals surface area contributed by atoms with Gasteiger partial charge < -0.3 is 10.1 Å². The highest BCUT2D eigenvalue weighted by atomic mass is 35.5. The van der Waals surface area contributed by atoms with E-state index in [0.717, 1.165) is 18.4 Å². The average molecular weight is 296 g/mol. The van der Waals surface area contributed by atoms with Crippen LogP contribution in [0.1, 0.15) is 25.3 Å². The fourth-order valence-corrected chi connectivity index (χ4v) is 1.74. The summed E-state index contributed by atoms with van der Waals surface area (Å²) in [6.07, 6.45) is -2.73. The van der Waals surface area contributed by atoms with E-state index >= 15 is 0 Å². The van der Waals surface area contributed by atoms with Crippen molar-refractivity contribution in [3.63, 3.8) is 0 Å². The molecule has 0 amide bonds. The lowest BCUT2D eigenvalue weighted by Gasteiger charge is -2.13. The summed E-state index contributed by atoms with van der Waals surface area (Å²) in [6, 6.07) is 6.18. The first-order valence-corrected chi connectivity index (χ1v) is 6.58. The molecule has 0 saturated carbocycles. The molecule has 0 aliphatic rings. The Morgan fingerprint density at radius 2 is 1.89 bits per heavy atom. The highest BCUT2D eigenvalue weighted by Gasteiger charge is 2.30. The van der Waals surface area contributed by atoms with Crippen LogP contribution in [0.25, 0.3) is 0 Å². The Morgan fingerprint density at radius 3 is 2.42 bits per heavy atom. The SMILES string of the molecule is CC(CCCCl)NCc1ccc(OC(F)(F)F)cc1. The molecule has 1 atom stereocenters. The van der Waals surface area contributed by atoms with Crippen LogP contribution in [0, 0.1) is 0 Å². The van der Waals surface area contributed by atoms with Crippen LogP contribution >= 0.6 is 11.6 Å². The predicted molar refractivity (Wildman–Crippen MR) is 69.4 cm³/mol. The Balaban J connectivity index is 2.40. The first kappa shape index (κ1) is 16.1. The van der Waals surface area contributed by atoms with Crippen molar-refractivity contribution in [2.75, 3.05) is 5.88 Å². The van der Waals surface area contributed by atoms with Gasteiger partial charge in [-0.2, -0.15) is 0 Å². The van der Waals surface area contributed by atoms with Gasteiger partial charge in [-0.3, -0.25) is 0 Å². The Kier molecular flexibility index (Phi) is 6.45. The first-order chi connectivity index (χ1) is 8.90. The summed E-state index contributed by atoms with van der Waals surface area (Å²) in [5.74, 6) is 0.432. The van der Waals surface area contributed by atoms with E-state index in [2.05, 4.69) is 10.1 Å². The third-order valence-corrected chi connectivity index (χ3v) is 2.85. The van der Waals surface area contributed by atoms with Crippen LogP contribution in [0.3, 0.4) is 0 Å². The van der Waals surface area contributed by atoms with Crippen molar-refractivity contribution in [1.82, 2.24) is 5.32 Å². The van der Waals surface area contributed by atoms with Crippen LogP contribution in [0.2, 0.25) is 0 Å². The minimum absolute atomic E-state index is 0.202. The molecule has 0 bridgehead atoms. The number of alkyl halides is 4. The van der Waals surface area contributed by atoms with E-state index in [1.807, 2.05) is 6.92 Å². The standard InChI is InChI=1S/C13H17ClF3NO/c1-10(3-2-8-14)18-9-11-4-6-12(7-5-11)19-13(15,16)17/h4-7,10,18H,2-3,8-9H2,1H3. The van der Waals surface area contributed by atoms with E-state index in [1.165, 1.54) is 12.1 Å². The summed E-state index contributed by atoms with van der Waals surface area (Å²) in [5.41, 5.74) is 0.909. The van der Waals surface area contributed by atoms with Gasteiger partial charge in [0.15, 0.2) is 0 Å².